The van der Waals surface area contributed by atoms with Gasteiger partial charge in [-0.25, -0.2) is 0 Å². The molecule has 0 heterocycles. The zero-order valence-corrected chi connectivity index (χ0v) is 9.06. The van der Waals surface area contributed by atoms with Gasteiger partial charge in [-0.2, -0.15) is 0 Å². The number of anilines is 1. The standard InChI is InChI=1S/C12H14ClN/c1-3-4-5-9-14-12-8-6-7-11(13)10(12)2/h1,6-8,14H,4-5,9H2,2H3. The number of terminal acetylenes is 1. The molecule has 0 aromatic heterocycles. The molecular weight excluding hydrogens is 194 g/mol. The first-order chi connectivity index (χ1) is 6.75. The maximum Gasteiger partial charge on any atom is 0.0455 e. The van der Waals surface area contributed by atoms with Crippen molar-refractivity contribution in [2.75, 3.05) is 11.9 Å². The Morgan fingerprint density at radius 3 is 3.00 bits per heavy atom. The molecule has 1 nitrogen and oxygen atoms in total. The zero-order chi connectivity index (χ0) is 10.4. The van der Waals surface area contributed by atoms with Crippen molar-refractivity contribution in [2.45, 2.75) is 19.8 Å². The molecular formula is C12H14ClN. The highest BCUT2D eigenvalue weighted by atomic mass is 35.5. The lowest BCUT2D eigenvalue weighted by molar-refractivity contribution is 0.906. The first-order valence-corrected chi connectivity index (χ1v) is 5.06. The molecule has 0 saturated carbocycles. The van der Waals surface area contributed by atoms with Gasteiger partial charge in [0.15, 0.2) is 0 Å². The average Bonchev–Trinajstić information content (AvgIpc) is 2.19. The summed E-state index contributed by atoms with van der Waals surface area (Å²) >= 11 is 5.98. The van der Waals surface area contributed by atoms with Crippen LogP contribution in [0.2, 0.25) is 5.02 Å². The molecule has 1 rings (SSSR count). The molecule has 0 unspecified atom stereocenters. The highest BCUT2D eigenvalue weighted by Crippen LogP contribution is 2.22. The largest absolute Gasteiger partial charge is 0.385 e. The maximum atomic E-state index is 5.98. The van der Waals surface area contributed by atoms with Crippen molar-refractivity contribution in [1.29, 1.82) is 0 Å². The predicted octanol–water partition coefficient (Wildman–Crippen LogP) is 3.47. The second-order valence-electron chi connectivity index (χ2n) is 3.15. The van der Waals surface area contributed by atoms with E-state index >= 15 is 0 Å². The predicted molar refractivity (Wildman–Crippen MR) is 62.7 cm³/mol. The average molecular weight is 208 g/mol. The van der Waals surface area contributed by atoms with Gasteiger partial charge >= 0.3 is 0 Å². The van der Waals surface area contributed by atoms with Crippen LogP contribution in [0, 0.1) is 19.3 Å². The fourth-order valence-corrected chi connectivity index (χ4v) is 1.39. The molecule has 0 atom stereocenters. The minimum Gasteiger partial charge on any atom is -0.385 e. The van der Waals surface area contributed by atoms with Crippen molar-refractivity contribution in [2.24, 2.45) is 0 Å². The van der Waals surface area contributed by atoms with Gasteiger partial charge in [-0.3, -0.25) is 0 Å². The SMILES string of the molecule is C#CCCCNc1cccc(Cl)c1C. The van der Waals surface area contributed by atoms with Crippen LogP contribution >= 0.6 is 11.6 Å². The van der Waals surface area contributed by atoms with Gasteiger partial charge in [-0.05, 0) is 31.0 Å². The molecule has 1 aromatic rings. The second-order valence-corrected chi connectivity index (χ2v) is 3.55. The van der Waals surface area contributed by atoms with Crippen molar-refractivity contribution in [1.82, 2.24) is 0 Å². The highest BCUT2D eigenvalue weighted by Gasteiger charge is 1.99. The van der Waals surface area contributed by atoms with E-state index in [2.05, 4.69) is 11.2 Å². The lowest BCUT2D eigenvalue weighted by atomic mass is 10.2. The summed E-state index contributed by atoms with van der Waals surface area (Å²) in [5.41, 5.74) is 2.18. The van der Waals surface area contributed by atoms with Crippen molar-refractivity contribution >= 4 is 17.3 Å². The maximum absolute atomic E-state index is 5.98. The number of unbranched alkanes of at least 4 members (excludes halogenated alkanes) is 1. The lowest BCUT2D eigenvalue weighted by Gasteiger charge is -2.09. The molecule has 0 aliphatic rings. The van der Waals surface area contributed by atoms with Gasteiger partial charge in [0.2, 0.25) is 0 Å². The number of benzene rings is 1. The van der Waals surface area contributed by atoms with Gasteiger partial charge in [0.05, 0.1) is 0 Å². The molecule has 74 valence electrons. The Labute approximate surface area is 90.5 Å². The monoisotopic (exact) mass is 207 g/mol. The molecule has 0 fully saturated rings. The molecule has 0 aliphatic carbocycles. The van der Waals surface area contributed by atoms with E-state index in [0.717, 1.165) is 35.7 Å². The Kier molecular flexibility index (Phi) is 4.35. The van der Waals surface area contributed by atoms with Crippen LogP contribution in [0.15, 0.2) is 18.2 Å². The van der Waals surface area contributed by atoms with E-state index in [9.17, 15) is 0 Å². The Balaban J connectivity index is 2.51. The quantitative estimate of drug-likeness (QED) is 0.589. The van der Waals surface area contributed by atoms with Gasteiger partial charge in [0.25, 0.3) is 0 Å². The molecule has 1 aromatic carbocycles. The van der Waals surface area contributed by atoms with Crippen LogP contribution in [0.25, 0.3) is 0 Å². The Bertz CT molecular complexity index is 339. The number of rotatable bonds is 4. The summed E-state index contributed by atoms with van der Waals surface area (Å²) in [6.45, 7) is 2.90. The number of nitrogens with one attached hydrogen (secondary N) is 1. The molecule has 2 heteroatoms. The first kappa shape index (κ1) is 10.9. The molecule has 0 aliphatic heterocycles. The second kappa shape index (κ2) is 5.57. The molecule has 0 radical (unpaired) electrons. The van der Waals surface area contributed by atoms with E-state index in [1.165, 1.54) is 0 Å². The van der Waals surface area contributed by atoms with Crippen LogP contribution in [0.1, 0.15) is 18.4 Å². The summed E-state index contributed by atoms with van der Waals surface area (Å²) < 4.78 is 0. The Morgan fingerprint density at radius 1 is 1.50 bits per heavy atom. The van der Waals surface area contributed by atoms with E-state index in [1.807, 2.05) is 25.1 Å². The van der Waals surface area contributed by atoms with Gasteiger partial charge in [0.1, 0.15) is 0 Å². The Hall–Kier alpha value is -1.13. The van der Waals surface area contributed by atoms with Crippen molar-refractivity contribution in [3.8, 4) is 12.3 Å². The fourth-order valence-electron chi connectivity index (χ4n) is 1.21. The summed E-state index contributed by atoms with van der Waals surface area (Å²) in [5, 5.41) is 4.11. The molecule has 0 amide bonds. The summed E-state index contributed by atoms with van der Waals surface area (Å²) in [4.78, 5) is 0. The van der Waals surface area contributed by atoms with Crippen molar-refractivity contribution < 1.29 is 0 Å². The molecule has 0 spiro atoms. The lowest BCUT2D eigenvalue weighted by Crippen LogP contribution is -2.02. The summed E-state index contributed by atoms with van der Waals surface area (Å²) in [5.74, 6) is 2.61. The van der Waals surface area contributed by atoms with Crippen molar-refractivity contribution in [3.05, 3.63) is 28.8 Å². The third kappa shape index (κ3) is 2.97. The van der Waals surface area contributed by atoms with Gasteiger partial charge in [-0.15, -0.1) is 12.3 Å². The van der Waals surface area contributed by atoms with Crippen LogP contribution in [0.5, 0.6) is 0 Å². The first-order valence-electron chi connectivity index (χ1n) is 4.68. The van der Waals surface area contributed by atoms with Crippen LogP contribution in [-0.2, 0) is 0 Å². The van der Waals surface area contributed by atoms with E-state index < -0.39 is 0 Å². The third-order valence-corrected chi connectivity index (χ3v) is 2.49. The van der Waals surface area contributed by atoms with Crippen LogP contribution in [-0.4, -0.2) is 6.54 Å². The van der Waals surface area contributed by atoms with Crippen LogP contribution in [0.4, 0.5) is 5.69 Å². The number of hydrogen-bond acceptors (Lipinski definition) is 1. The zero-order valence-electron chi connectivity index (χ0n) is 8.31. The van der Waals surface area contributed by atoms with E-state index in [-0.39, 0.29) is 0 Å². The normalized spacial score (nSPS) is 9.50. The van der Waals surface area contributed by atoms with Gasteiger partial charge < -0.3 is 5.32 Å². The third-order valence-electron chi connectivity index (χ3n) is 2.08. The van der Waals surface area contributed by atoms with E-state index in [1.54, 1.807) is 0 Å². The summed E-state index contributed by atoms with van der Waals surface area (Å²) in [7, 11) is 0. The van der Waals surface area contributed by atoms with Gasteiger partial charge in [-0.1, -0.05) is 17.7 Å². The smallest absolute Gasteiger partial charge is 0.0455 e. The number of hydrogen-bond donors (Lipinski definition) is 1. The summed E-state index contributed by atoms with van der Waals surface area (Å²) in [6, 6.07) is 5.86. The van der Waals surface area contributed by atoms with E-state index in [0.29, 0.717) is 0 Å². The highest BCUT2D eigenvalue weighted by molar-refractivity contribution is 6.31. The fraction of sp³-hybridized carbons (Fsp3) is 0.333. The van der Waals surface area contributed by atoms with Crippen LogP contribution < -0.4 is 5.32 Å². The van der Waals surface area contributed by atoms with Gasteiger partial charge in [0, 0.05) is 23.7 Å². The van der Waals surface area contributed by atoms with E-state index in [4.69, 9.17) is 18.0 Å². The molecule has 14 heavy (non-hydrogen) atoms. The topological polar surface area (TPSA) is 12.0 Å². The number of halogens is 1. The molecule has 0 saturated heterocycles. The summed E-state index contributed by atoms with van der Waals surface area (Å²) in [6.07, 6.45) is 6.96. The molecule has 1 N–H and O–H groups in total. The minimum absolute atomic E-state index is 0.798. The van der Waals surface area contributed by atoms with Crippen LogP contribution in [0.3, 0.4) is 0 Å². The minimum atomic E-state index is 0.798. The van der Waals surface area contributed by atoms with Crippen molar-refractivity contribution in [3.63, 3.8) is 0 Å². The Morgan fingerprint density at radius 2 is 2.29 bits per heavy atom. The molecule has 0 bridgehead atoms.